The van der Waals surface area contributed by atoms with Crippen LogP contribution in [0, 0.1) is 11.8 Å². The van der Waals surface area contributed by atoms with Crippen molar-refractivity contribution in [1.29, 1.82) is 0 Å². The Morgan fingerprint density at radius 2 is 1.53 bits per heavy atom. The molecular weight excluding hydrogens is 216 g/mol. The van der Waals surface area contributed by atoms with E-state index in [4.69, 9.17) is 4.74 Å². The average Bonchev–Trinajstić information content (AvgIpc) is 2.12. The second-order valence-electron chi connectivity index (χ2n) is 5.30. The number of allylic oxidation sites excluding steroid dienone is 1. The molecule has 0 unspecified atom stereocenters. The van der Waals surface area contributed by atoms with Crippen molar-refractivity contribution in [3.63, 3.8) is 0 Å². The molecule has 0 rings (SSSR count). The van der Waals surface area contributed by atoms with Crippen molar-refractivity contribution in [3.8, 4) is 0 Å². The zero-order chi connectivity index (χ0) is 13.6. The highest BCUT2D eigenvalue weighted by Crippen LogP contribution is 2.17. The van der Waals surface area contributed by atoms with Crippen molar-refractivity contribution in [1.82, 2.24) is 0 Å². The molecule has 0 aromatic carbocycles. The maximum atomic E-state index is 11.8. The van der Waals surface area contributed by atoms with E-state index in [1.54, 1.807) is 0 Å². The van der Waals surface area contributed by atoms with Crippen LogP contribution in [0.1, 0.15) is 48.0 Å². The van der Waals surface area contributed by atoms with Crippen molar-refractivity contribution >= 4 is 11.8 Å². The number of ether oxygens (including phenoxy) is 1. The second-order valence-corrected chi connectivity index (χ2v) is 5.30. The standard InChI is InChI=1S/C14H24O3/c1-9(2)7-11(5)13(12(6)15)14(16)17-8-10(3)4/h9-10H,7-8H2,1-6H3. The fourth-order valence-corrected chi connectivity index (χ4v) is 1.65. The van der Waals surface area contributed by atoms with E-state index < -0.39 is 5.97 Å². The molecule has 0 N–H and O–H groups in total. The first-order chi connectivity index (χ1) is 7.75. The fraction of sp³-hybridized carbons (Fsp3) is 0.714. The molecule has 0 saturated carbocycles. The summed E-state index contributed by atoms with van der Waals surface area (Å²) in [5.74, 6) is 0.000989. The smallest absolute Gasteiger partial charge is 0.341 e. The van der Waals surface area contributed by atoms with Gasteiger partial charge in [0.15, 0.2) is 5.78 Å². The van der Waals surface area contributed by atoms with Crippen LogP contribution in [0.25, 0.3) is 0 Å². The molecule has 0 amide bonds. The molecule has 0 bridgehead atoms. The second kappa shape index (κ2) is 7.25. The molecule has 0 aliphatic carbocycles. The number of carbonyl (C=O) groups is 2. The van der Waals surface area contributed by atoms with Crippen LogP contribution in [0.5, 0.6) is 0 Å². The van der Waals surface area contributed by atoms with Crippen molar-refractivity contribution in [2.24, 2.45) is 11.8 Å². The Bertz CT molecular complexity index is 311. The third-order valence-electron chi connectivity index (χ3n) is 2.25. The predicted molar refractivity (Wildman–Crippen MR) is 68.6 cm³/mol. The van der Waals surface area contributed by atoms with Gasteiger partial charge >= 0.3 is 5.97 Å². The van der Waals surface area contributed by atoms with E-state index in [0.29, 0.717) is 12.5 Å². The van der Waals surface area contributed by atoms with Gasteiger partial charge in [-0.1, -0.05) is 33.3 Å². The summed E-state index contributed by atoms with van der Waals surface area (Å²) < 4.78 is 5.11. The van der Waals surface area contributed by atoms with Gasteiger partial charge in [-0.25, -0.2) is 4.79 Å². The number of hydrogen-bond donors (Lipinski definition) is 0. The number of hydrogen-bond acceptors (Lipinski definition) is 3. The lowest BCUT2D eigenvalue weighted by Gasteiger charge is -2.12. The van der Waals surface area contributed by atoms with E-state index in [1.807, 2.05) is 20.8 Å². The normalized spacial score (nSPS) is 12.7. The molecule has 17 heavy (non-hydrogen) atoms. The minimum atomic E-state index is -0.482. The topological polar surface area (TPSA) is 43.4 Å². The Labute approximate surface area is 104 Å². The lowest BCUT2D eigenvalue weighted by Crippen LogP contribution is -2.18. The molecule has 98 valence electrons. The molecule has 0 heterocycles. The summed E-state index contributed by atoms with van der Waals surface area (Å²) in [6, 6.07) is 0. The molecule has 3 heteroatoms. The van der Waals surface area contributed by atoms with Gasteiger partial charge in [-0.05, 0) is 32.1 Å². The van der Waals surface area contributed by atoms with Crippen LogP contribution < -0.4 is 0 Å². The van der Waals surface area contributed by atoms with Crippen LogP contribution >= 0.6 is 0 Å². The first kappa shape index (κ1) is 15.9. The van der Waals surface area contributed by atoms with E-state index in [2.05, 4.69) is 13.8 Å². The van der Waals surface area contributed by atoms with Gasteiger partial charge in [-0.2, -0.15) is 0 Å². The molecule has 0 radical (unpaired) electrons. The van der Waals surface area contributed by atoms with Crippen molar-refractivity contribution in [3.05, 3.63) is 11.1 Å². The summed E-state index contributed by atoms with van der Waals surface area (Å²) in [6.45, 7) is 11.6. The van der Waals surface area contributed by atoms with Crippen LogP contribution in [0.4, 0.5) is 0 Å². The molecule has 0 aromatic rings. The zero-order valence-corrected chi connectivity index (χ0v) is 11.8. The molecule has 0 saturated heterocycles. The van der Waals surface area contributed by atoms with Gasteiger partial charge in [-0.3, -0.25) is 4.79 Å². The molecule has 0 fully saturated rings. The Morgan fingerprint density at radius 3 is 1.88 bits per heavy atom. The average molecular weight is 240 g/mol. The summed E-state index contributed by atoms with van der Waals surface area (Å²) >= 11 is 0. The summed E-state index contributed by atoms with van der Waals surface area (Å²) in [5, 5.41) is 0. The summed E-state index contributed by atoms with van der Waals surface area (Å²) in [6.07, 6.45) is 0.742. The summed E-state index contributed by atoms with van der Waals surface area (Å²) in [7, 11) is 0. The van der Waals surface area contributed by atoms with Crippen molar-refractivity contribution in [2.45, 2.75) is 48.0 Å². The highest BCUT2D eigenvalue weighted by atomic mass is 16.5. The van der Waals surface area contributed by atoms with Crippen LogP contribution in [0.2, 0.25) is 0 Å². The van der Waals surface area contributed by atoms with E-state index >= 15 is 0 Å². The Hall–Kier alpha value is -1.12. The van der Waals surface area contributed by atoms with Gasteiger partial charge in [0.1, 0.15) is 5.57 Å². The highest BCUT2D eigenvalue weighted by molar-refractivity contribution is 6.16. The SMILES string of the molecule is CC(=O)C(C(=O)OCC(C)C)=C(C)CC(C)C. The Morgan fingerprint density at radius 1 is 1.00 bits per heavy atom. The van der Waals surface area contributed by atoms with Gasteiger partial charge in [0.2, 0.25) is 0 Å². The Kier molecular flexibility index (Phi) is 6.78. The third kappa shape index (κ3) is 6.25. The minimum Gasteiger partial charge on any atom is -0.462 e. The molecule has 0 aliphatic rings. The summed E-state index contributed by atoms with van der Waals surface area (Å²) in [5.41, 5.74) is 1.04. The van der Waals surface area contributed by atoms with Gasteiger partial charge in [0.05, 0.1) is 6.61 Å². The maximum absolute atomic E-state index is 11.8. The minimum absolute atomic E-state index is 0.211. The van der Waals surface area contributed by atoms with Crippen molar-refractivity contribution < 1.29 is 14.3 Å². The van der Waals surface area contributed by atoms with E-state index in [-0.39, 0.29) is 17.3 Å². The number of ketones is 1. The fourth-order valence-electron chi connectivity index (χ4n) is 1.65. The van der Waals surface area contributed by atoms with Gasteiger partial charge in [-0.15, -0.1) is 0 Å². The van der Waals surface area contributed by atoms with Crippen LogP contribution in [0.3, 0.4) is 0 Å². The van der Waals surface area contributed by atoms with Crippen LogP contribution in [-0.2, 0) is 14.3 Å². The lowest BCUT2D eigenvalue weighted by atomic mass is 9.97. The molecular formula is C14H24O3. The zero-order valence-electron chi connectivity index (χ0n) is 11.8. The molecule has 3 nitrogen and oxygen atoms in total. The maximum Gasteiger partial charge on any atom is 0.341 e. The quantitative estimate of drug-likeness (QED) is 0.310. The number of Topliss-reactive ketones (excluding diaryl/α,β-unsaturated/α-hetero) is 1. The molecule has 0 atom stereocenters. The number of rotatable bonds is 6. The third-order valence-corrected chi connectivity index (χ3v) is 2.25. The van der Waals surface area contributed by atoms with Gasteiger partial charge in [0, 0.05) is 0 Å². The van der Waals surface area contributed by atoms with Gasteiger partial charge in [0.25, 0.3) is 0 Å². The molecule has 0 aromatic heterocycles. The number of esters is 1. The van der Waals surface area contributed by atoms with Gasteiger partial charge < -0.3 is 4.74 Å². The molecule has 0 aliphatic heterocycles. The van der Waals surface area contributed by atoms with E-state index in [0.717, 1.165) is 12.0 Å². The highest BCUT2D eigenvalue weighted by Gasteiger charge is 2.19. The van der Waals surface area contributed by atoms with Crippen LogP contribution in [-0.4, -0.2) is 18.4 Å². The lowest BCUT2D eigenvalue weighted by molar-refractivity contribution is -0.141. The summed E-state index contributed by atoms with van der Waals surface area (Å²) in [4.78, 5) is 23.3. The largest absolute Gasteiger partial charge is 0.462 e. The Balaban J connectivity index is 4.84. The van der Waals surface area contributed by atoms with E-state index in [9.17, 15) is 9.59 Å². The van der Waals surface area contributed by atoms with Crippen LogP contribution in [0.15, 0.2) is 11.1 Å². The predicted octanol–water partition coefficient (Wildman–Crippen LogP) is 3.14. The first-order valence-corrected chi connectivity index (χ1v) is 6.13. The molecule has 0 spiro atoms. The van der Waals surface area contributed by atoms with E-state index in [1.165, 1.54) is 6.92 Å². The van der Waals surface area contributed by atoms with Crippen molar-refractivity contribution in [2.75, 3.05) is 6.61 Å². The first-order valence-electron chi connectivity index (χ1n) is 6.13. The monoisotopic (exact) mass is 240 g/mol. The number of carbonyl (C=O) groups excluding carboxylic acids is 2.